The molecule has 0 atom stereocenters. The number of hydrogen-bond acceptors (Lipinski definition) is 1. The van der Waals surface area contributed by atoms with Gasteiger partial charge in [0, 0.05) is 6.42 Å². The predicted octanol–water partition coefficient (Wildman–Crippen LogP) is 4.46. The number of benzene rings is 2. The Bertz CT molecular complexity index is 561. The lowest BCUT2D eigenvalue weighted by atomic mass is 9.96. The highest BCUT2D eigenvalue weighted by Crippen LogP contribution is 2.17. The normalized spacial score (nSPS) is 10.5. The van der Waals surface area contributed by atoms with E-state index >= 15 is 0 Å². The number of hydrogen-bond donors (Lipinski definition) is 1. The van der Waals surface area contributed by atoms with Gasteiger partial charge in [-0.1, -0.05) is 61.0 Å². The Morgan fingerprint density at radius 2 is 1.48 bits per heavy atom. The Labute approximate surface area is 126 Å². The van der Waals surface area contributed by atoms with Gasteiger partial charge in [0.05, 0.1) is 0 Å². The lowest BCUT2D eigenvalue weighted by Gasteiger charge is -2.09. The molecule has 0 heterocycles. The fraction of sp³-hybridized carbons (Fsp3) is 0.316. The van der Waals surface area contributed by atoms with Crippen LogP contribution < -0.4 is 0 Å². The molecule has 0 saturated heterocycles. The van der Waals surface area contributed by atoms with Gasteiger partial charge in [0.2, 0.25) is 0 Å². The monoisotopic (exact) mass is 282 g/mol. The fourth-order valence-corrected chi connectivity index (χ4v) is 2.56. The summed E-state index contributed by atoms with van der Waals surface area (Å²) < 4.78 is 0. The second kappa shape index (κ2) is 8.25. The molecule has 21 heavy (non-hydrogen) atoms. The Hall–Kier alpha value is -2.09. The third-order valence-electron chi connectivity index (χ3n) is 3.69. The Kier molecular flexibility index (Phi) is 6.01. The number of carbonyl (C=O) groups is 1. The first kappa shape index (κ1) is 15.3. The largest absolute Gasteiger partial charge is 0.481 e. The zero-order valence-corrected chi connectivity index (χ0v) is 12.3. The van der Waals surface area contributed by atoms with Crippen LogP contribution in [0.5, 0.6) is 0 Å². The third kappa shape index (κ3) is 5.42. The second-order valence-electron chi connectivity index (χ2n) is 5.39. The SMILES string of the molecule is O=C(O)CCCCCc1ccccc1Cc1ccccc1. The first-order valence-electron chi connectivity index (χ1n) is 7.58. The maximum Gasteiger partial charge on any atom is 0.303 e. The van der Waals surface area contributed by atoms with Gasteiger partial charge in [-0.25, -0.2) is 0 Å². The first-order valence-corrected chi connectivity index (χ1v) is 7.58. The van der Waals surface area contributed by atoms with Crippen LogP contribution in [0.15, 0.2) is 54.6 Å². The van der Waals surface area contributed by atoms with Crippen LogP contribution in [-0.2, 0) is 17.6 Å². The highest BCUT2D eigenvalue weighted by atomic mass is 16.4. The molecular weight excluding hydrogens is 260 g/mol. The standard InChI is InChI=1S/C19H22O2/c20-19(21)14-6-2-5-11-17-12-7-8-13-18(17)15-16-9-3-1-4-10-16/h1,3-4,7-10,12-13H,2,5-6,11,14-15H2,(H,20,21). The molecule has 0 spiro atoms. The molecule has 0 unspecified atom stereocenters. The number of carboxylic acids is 1. The van der Waals surface area contributed by atoms with E-state index in [1.54, 1.807) is 0 Å². The van der Waals surface area contributed by atoms with Crippen LogP contribution in [0.2, 0.25) is 0 Å². The molecule has 0 aliphatic carbocycles. The minimum atomic E-state index is -0.695. The highest BCUT2D eigenvalue weighted by molar-refractivity contribution is 5.66. The van der Waals surface area contributed by atoms with Gasteiger partial charge < -0.3 is 5.11 Å². The lowest BCUT2D eigenvalue weighted by molar-refractivity contribution is -0.137. The number of carboxylic acid groups (broad SMARTS) is 1. The Morgan fingerprint density at radius 1 is 0.810 bits per heavy atom. The van der Waals surface area contributed by atoms with Crippen LogP contribution in [0.25, 0.3) is 0 Å². The Balaban J connectivity index is 1.89. The van der Waals surface area contributed by atoms with Crippen LogP contribution in [0.3, 0.4) is 0 Å². The molecule has 0 aromatic heterocycles. The summed E-state index contributed by atoms with van der Waals surface area (Å²) in [5.41, 5.74) is 4.09. The highest BCUT2D eigenvalue weighted by Gasteiger charge is 2.03. The first-order chi connectivity index (χ1) is 10.3. The summed E-state index contributed by atoms with van der Waals surface area (Å²) in [4.78, 5) is 10.5. The summed E-state index contributed by atoms with van der Waals surface area (Å²) in [6.45, 7) is 0. The molecule has 2 nitrogen and oxygen atoms in total. The van der Waals surface area contributed by atoms with Crippen molar-refractivity contribution in [2.45, 2.75) is 38.5 Å². The number of rotatable bonds is 8. The molecule has 0 aliphatic rings. The maximum absolute atomic E-state index is 10.5. The van der Waals surface area contributed by atoms with Crippen molar-refractivity contribution >= 4 is 5.97 Å². The van der Waals surface area contributed by atoms with Gasteiger partial charge in [0.1, 0.15) is 0 Å². The van der Waals surface area contributed by atoms with Crippen LogP contribution in [0.1, 0.15) is 42.4 Å². The van der Waals surface area contributed by atoms with Crippen molar-refractivity contribution in [3.05, 3.63) is 71.3 Å². The van der Waals surface area contributed by atoms with Gasteiger partial charge in [-0.05, 0) is 42.4 Å². The summed E-state index contributed by atoms with van der Waals surface area (Å²) in [5, 5.41) is 8.64. The zero-order chi connectivity index (χ0) is 14.9. The maximum atomic E-state index is 10.5. The van der Waals surface area contributed by atoms with E-state index in [0.717, 1.165) is 32.1 Å². The van der Waals surface area contributed by atoms with Crippen molar-refractivity contribution in [3.8, 4) is 0 Å². The summed E-state index contributed by atoms with van der Waals surface area (Å²) in [6.07, 6.45) is 5.08. The van der Waals surface area contributed by atoms with Gasteiger partial charge in [0.25, 0.3) is 0 Å². The number of aliphatic carboxylic acids is 1. The zero-order valence-electron chi connectivity index (χ0n) is 12.3. The summed E-state index contributed by atoms with van der Waals surface area (Å²) in [7, 11) is 0. The summed E-state index contributed by atoms with van der Waals surface area (Å²) >= 11 is 0. The van der Waals surface area contributed by atoms with E-state index in [-0.39, 0.29) is 6.42 Å². The Morgan fingerprint density at radius 3 is 2.19 bits per heavy atom. The molecular formula is C19H22O2. The van der Waals surface area contributed by atoms with Crippen LogP contribution in [-0.4, -0.2) is 11.1 Å². The quantitative estimate of drug-likeness (QED) is 0.725. The molecule has 2 rings (SSSR count). The predicted molar refractivity (Wildman–Crippen MR) is 85.5 cm³/mol. The van der Waals surface area contributed by atoms with Crippen LogP contribution in [0.4, 0.5) is 0 Å². The molecule has 0 bridgehead atoms. The number of unbranched alkanes of at least 4 members (excludes halogenated alkanes) is 2. The van der Waals surface area contributed by atoms with Crippen molar-refractivity contribution in [1.29, 1.82) is 0 Å². The molecule has 2 heteroatoms. The van der Waals surface area contributed by atoms with Crippen molar-refractivity contribution in [3.63, 3.8) is 0 Å². The molecule has 0 radical (unpaired) electrons. The van der Waals surface area contributed by atoms with Gasteiger partial charge in [-0.3, -0.25) is 4.79 Å². The van der Waals surface area contributed by atoms with E-state index in [2.05, 4.69) is 48.5 Å². The van der Waals surface area contributed by atoms with E-state index in [1.165, 1.54) is 16.7 Å². The van der Waals surface area contributed by atoms with Crippen molar-refractivity contribution in [1.82, 2.24) is 0 Å². The molecule has 0 amide bonds. The average molecular weight is 282 g/mol. The molecule has 0 fully saturated rings. The second-order valence-corrected chi connectivity index (χ2v) is 5.39. The van der Waals surface area contributed by atoms with Crippen molar-refractivity contribution < 1.29 is 9.90 Å². The smallest absolute Gasteiger partial charge is 0.303 e. The van der Waals surface area contributed by atoms with Crippen molar-refractivity contribution in [2.75, 3.05) is 0 Å². The molecule has 2 aromatic rings. The van der Waals surface area contributed by atoms with E-state index in [9.17, 15) is 4.79 Å². The minimum absolute atomic E-state index is 0.283. The average Bonchev–Trinajstić information content (AvgIpc) is 2.49. The van der Waals surface area contributed by atoms with Gasteiger partial charge >= 0.3 is 5.97 Å². The minimum Gasteiger partial charge on any atom is -0.481 e. The molecule has 1 N–H and O–H groups in total. The van der Waals surface area contributed by atoms with Crippen LogP contribution in [0, 0.1) is 0 Å². The van der Waals surface area contributed by atoms with E-state index in [4.69, 9.17) is 5.11 Å². The van der Waals surface area contributed by atoms with E-state index in [1.807, 2.05) is 6.07 Å². The molecule has 0 saturated carbocycles. The lowest BCUT2D eigenvalue weighted by Crippen LogP contribution is -1.97. The van der Waals surface area contributed by atoms with Crippen LogP contribution >= 0.6 is 0 Å². The van der Waals surface area contributed by atoms with E-state index in [0.29, 0.717) is 0 Å². The summed E-state index contributed by atoms with van der Waals surface area (Å²) in [5.74, 6) is -0.695. The van der Waals surface area contributed by atoms with Gasteiger partial charge in [-0.2, -0.15) is 0 Å². The molecule has 2 aromatic carbocycles. The molecule has 110 valence electrons. The fourth-order valence-electron chi connectivity index (χ4n) is 2.56. The van der Waals surface area contributed by atoms with Gasteiger partial charge in [-0.15, -0.1) is 0 Å². The third-order valence-corrected chi connectivity index (χ3v) is 3.69. The van der Waals surface area contributed by atoms with Gasteiger partial charge in [0.15, 0.2) is 0 Å². The number of aryl methyl sites for hydroxylation is 1. The van der Waals surface area contributed by atoms with E-state index < -0.39 is 5.97 Å². The van der Waals surface area contributed by atoms with Crippen molar-refractivity contribution in [2.24, 2.45) is 0 Å². The topological polar surface area (TPSA) is 37.3 Å². The molecule has 0 aliphatic heterocycles. The summed E-state index contributed by atoms with van der Waals surface area (Å²) in [6, 6.07) is 19.1.